The lowest BCUT2D eigenvalue weighted by Gasteiger charge is -2.16. The maximum Gasteiger partial charge on any atom is 0.123 e. The normalized spacial score (nSPS) is 14.9. The fraction of sp³-hybridized carbons (Fsp3) is 0.429. The van der Waals surface area contributed by atoms with Gasteiger partial charge in [-0.05, 0) is 42.0 Å². The van der Waals surface area contributed by atoms with Gasteiger partial charge in [-0.3, -0.25) is 0 Å². The van der Waals surface area contributed by atoms with Crippen LogP contribution in [0.2, 0.25) is 0 Å². The Morgan fingerprint density at radius 3 is 2.89 bits per heavy atom. The fourth-order valence-electron chi connectivity index (χ4n) is 1.92. The summed E-state index contributed by atoms with van der Waals surface area (Å²) in [7, 11) is 1.65. The average molecular weight is 268 g/mol. The molecule has 1 N–H and O–H groups in total. The zero-order valence-electron chi connectivity index (χ0n) is 10.5. The minimum Gasteiger partial charge on any atom is -0.387 e. The van der Waals surface area contributed by atoms with Gasteiger partial charge in [-0.1, -0.05) is 6.92 Å². The molecular formula is C14H17FO2S. The molecule has 1 aromatic heterocycles. The van der Waals surface area contributed by atoms with Crippen molar-refractivity contribution in [1.29, 1.82) is 0 Å². The Labute approximate surface area is 110 Å². The highest BCUT2D eigenvalue weighted by Gasteiger charge is 2.18. The first kappa shape index (κ1) is 13.5. The third-order valence-electron chi connectivity index (χ3n) is 3.11. The van der Waals surface area contributed by atoms with E-state index in [1.165, 1.54) is 23.5 Å². The molecule has 0 fully saturated rings. The summed E-state index contributed by atoms with van der Waals surface area (Å²) in [5.74, 6) is -0.114. The fourth-order valence-corrected chi connectivity index (χ4v) is 3.09. The molecule has 2 nitrogen and oxygen atoms in total. The zero-order chi connectivity index (χ0) is 13.1. The maximum atomic E-state index is 13.1. The molecule has 2 aromatic rings. The largest absolute Gasteiger partial charge is 0.387 e. The number of aliphatic hydroxyl groups excluding tert-OH is 1. The van der Waals surface area contributed by atoms with Gasteiger partial charge < -0.3 is 9.84 Å². The predicted molar refractivity (Wildman–Crippen MR) is 72.4 cm³/mol. The first-order valence-electron chi connectivity index (χ1n) is 5.98. The molecule has 18 heavy (non-hydrogen) atoms. The van der Waals surface area contributed by atoms with Crippen LogP contribution in [0.4, 0.5) is 4.39 Å². The van der Waals surface area contributed by atoms with Gasteiger partial charge in [0.05, 0.1) is 6.10 Å². The summed E-state index contributed by atoms with van der Waals surface area (Å²) in [5, 5.41) is 11.1. The van der Waals surface area contributed by atoms with Crippen molar-refractivity contribution in [1.82, 2.24) is 0 Å². The Kier molecular flexibility index (Phi) is 4.32. The maximum absolute atomic E-state index is 13.1. The van der Waals surface area contributed by atoms with Crippen molar-refractivity contribution in [2.45, 2.75) is 19.4 Å². The van der Waals surface area contributed by atoms with Crippen LogP contribution in [0.1, 0.15) is 24.3 Å². The third-order valence-corrected chi connectivity index (χ3v) is 4.29. The molecule has 0 saturated carbocycles. The number of hydrogen-bond acceptors (Lipinski definition) is 3. The molecule has 1 aromatic carbocycles. The highest BCUT2D eigenvalue weighted by Crippen LogP contribution is 2.34. The Morgan fingerprint density at radius 1 is 1.39 bits per heavy atom. The summed E-state index contributed by atoms with van der Waals surface area (Å²) < 4.78 is 19.1. The number of rotatable bonds is 5. The summed E-state index contributed by atoms with van der Waals surface area (Å²) in [4.78, 5) is 0.888. The molecular weight excluding hydrogens is 251 g/mol. The highest BCUT2D eigenvalue weighted by atomic mass is 32.1. The summed E-state index contributed by atoms with van der Waals surface area (Å²) >= 11 is 1.52. The van der Waals surface area contributed by atoms with Crippen molar-refractivity contribution in [3.63, 3.8) is 0 Å². The minimum absolute atomic E-state index is 0.128. The lowest BCUT2D eigenvalue weighted by atomic mass is 10.00. The summed E-state index contributed by atoms with van der Waals surface area (Å²) in [5.41, 5.74) is 0. The van der Waals surface area contributed by atoms with Crippen LogP contribution in [0.15, 0.2) is 24.3 Å². The monoisotopic (exact) mass is 268 g/mol. The van der Waals surface area contributed by atoms with Crippen LogP contribution in [0.5, 0.6) is 0 Å². The van der Waals surface area contributed by atoms with E-state index in [4.69, 9.17) is 4.74 Å². The van der Waals surface area contributed by atoms with E-state index in [-0.39, 0.29) is 11.7 Å². The molecule has 4 heteroatoms. The molecule has 98 valence electrons. The molecule has 0 bridgehead atoms. The van der Waals surface area contributed by atoms with Crippen molar-refractivity contribution in [3.05, 3.63) is 35.0 Å². The zero-order valence-corrected chi connectivity index (χ0v) is 11.3. The topological polar surface area (TPSA) is 29.5 Å². The molecule has 0 aliphatic heterocycles. The van der Waals surface area contributed by atoms with Crippen LogP contribution in [0.25, 0.3) is 10.1 Å². The second-order valence-corrected chi connectivity index (χ2v) is 5.65. The van der Waals surface area contributed by atoms with E-state index in [1.54, 1.807) is 13.2 Å². The molecule has 0 radical (unpaired) electrons. The van der Waals surface area contributed by atoms with Crippen molar-refractivity contribution in [3.8, 4) is 0 Å². The van der Waals surface area contributed by atoms with Gasteiger partial charge in [0.15, 0.2) is 0 Å². The van der Waals surface area contributed by atoms with Crippen molar-refractivity contribution >= 4 is 21.4 Å². The van der Waals surface area contributed by atoms with Gasteiger partial charge in [-0.2, -0.15) is 0 Å². The number of thiophene rings is 1. The lowest BCUT2D eigenvalue weighted by molar-refractivity contribution is 0.0912. The molecule has 2 rings (SSSR count). The first-order valence-corrected chi connectivity index (χ1v) is 6.79. The molecule has 0 amide bonds. The summed E-state index contributed by atoms with van der Waals surface area (Å²) in [6.07, 6.45) is 0.293. The Balaban J connectivity index is 2.19. The van der Waals surface area contributed by atoms with E-state index < -0.39 is 6.10 Å². The highest BCUT2D eigenvalue weighted by molar-refractivity contribution is 7.19. The van der Waals surface area contributed by atoms with Crippen molar-refractivity contribution in [2.24, 2.45) is 5.92 Å². The van der Waals surface area contributed by atoms with E-state index >= 15 is 0 Å². The first-order chi connectivity index (χ1) is 8.61. The van der Waals surface area contributed by atoms with Crippen LogP contribution in [-0.2, 0) is 4.74 Å². The number of halogens is 1. The van der Waals surface area contributed by atoms with Crippen LogP contribution in [0.3, 0.4) is 0 Å². The smallest absolute Gasteiger partial charge is 0.123 e. The van der Waals surface area contributed by atoms with E-state index in [0.29, 0.717) is 6.61 Å². The molecule has 0 saturated heterocycles. The predicted octanol–water partition coefficient (Wildman–Crippen LogP) is 3.75. The van der Waals surface area contributed by atoms with E-state index in [9.17, 15) is 9.50 Å². The number of hydrogen-bond donors (Lipinski definition) is 1. The van der Waals surface area contributed by atoms with Crippen LogP contribution in [0, 0.1) is 11.7 Å². The van der Waals surface area contributed by atoms with Crippen molar-refractivity contribution in [2.75, 3.05) is 13.7 Å². The second-order valence-electron chi connectivity index (χ2n) is 4.53. The van der Waals surface area contributed by atoms with Crippen LogP contribution >= 0.6 is 11.3 Å². The van der Waals surface area contributed by atoms with Gasteiger partial charge >= 0.3 is 0 Å². The second kappa shape index (κ2) is 5.78. The van der Waals surface area contributed by atoms with Gasteiger partial charge in [0.1, 0.15) is 5.82 Å². The van der Waals surface area contributed by atoms with Gasteiger partial charge in [0, 0.05) is 23.3 Å². The molecule has 0 spiro atoms. The molecule has 0 aliphatic rings. The Bertz CT molecular complexity index is 523. The number of fused-ring (bicyclic) bond motifs is 1. The van der Waals surface area contributed by atoms with Gasteiger partial charge in [0.25, 0.3) is 0 Å². The minimum atomic E-state index is -0.513. The van der Waals surface area contributed by atoms with E-state index in [2.05, 4.69) is 0 Å². The molecule has 2 unspecified atom stereocenters. The van der Waals surface area contributed by atoms with Gasteiger partial charge in [0.2, 0.25) is 0 Å². The van der Waals surface area contributed by atoms with Crippen LogP contribution < -0.4 is 0 Å². The van der Waals surface area contributed by atoms with E-state index in [0.717, 1.165) is 21.4 Å². The number of benzene rings is 1. The average Bonchev–Trinajstić information content (AvgIpc) is 2.77. The van der Waals surface area contributed by atoms with Gasteiger partial charge in [-0.15, -0.1) is 11.3 Å². The third kappa shape index (κ3) is 2.88. The van der Waals surface area contributed by atoms with Gasteiger partial charge in [-0.25, -0.2) is 4.39 Å². The number of methoxy groups -OCH3 is 1. The SMILES string of the molecule is COCCC(C)C(O)c1cc2cc(F)ccc2s1. The summed E-state index contributed by atoms with van der Waals surface area (Å²) in [6.45, 7) is 2.63. The quantitative estimate of drug-likeness (QED) is 0.895. The molecule has 2 atom stereocenters. The Hall–Kier alpha value is -0.970. The standard InChI is InChI=1S/C14H17FO2S/c1-9(5-6-17-2)14(16)13-8-10-7-11(15)3-4-12(10)18-13/h3-4,7-9,14,16H,5-6H2,1-2H3. The van der Waals surface area contributed by atoms with E-state index in [1.807, 2.05) is 13.0 Å². The molecule has 1 heterocycles. The van der Waals surface area contributed by atoms with Crippen LogP contribution in [-0.4, -0.2) is 18.8 Å². The number of ether oxygens (including phenoxy) is 1. The summed E-state index contributed by atoms with van der Waals surface area (Å²) in [6, 6.07) is 6.58. The Morgan fingerprint density at radius 2 is 2.17 bits per heavy atom. The lowest BCUT2D eigenvalue weighted by Crippen LogP contribution is -2.10. The van der Waals surface area contributed by atoms with Crippen molar-refractivity contribution < 1.29 is 14.2 Å². The number of aliphatic hydroxyl groups is 1. The molecule has 0 aliphatic carbocycles.